The molecule has 1 amide bonds. The summed E-state index contributed by atoms with van der Waals surface area (Å²) in [4.78, 5) is 13.8. The molecule has 1 atom stereocenters. The summed E-state index contributed by atoms with van der Waals surface area (Å²) in [5, 5.41) is 7.42. The molecular formula is C16H17ClN4O2. The summed E-state index contributed by atoms with van der Waals surface area (Å²) in [5.41, 5.74) is 8.10. The van der Waals surface area contributed by atoms with Crippen molar-refractivity contribution in [3.8, 4) is 11.3 Å². The van der Waals surface area contributed by atoms with E-state index in [0.717, 1.165) is 11.1 Å². The van der Waals surface area contributed by atoms with Gasteiger partial charge in [-0.05, 0) is 29.8 Å². The van der Waals surface area contributed by atoms with E-state index in [4.69, 9.17) is 22.1 Å². The monoisotopic (exact) mass is 332 g/mol. The van der Waals surface area contributed by atoms with Crippen molar-refractivity contribution in [1.82, 2.24) is 15.1 Å². The number of carbonyl (C=O) groups is 1. The molecule has 0 unspecified atom stereocenters. The average Bonchev–Trinajstić information content (AvgIpc) is 3.00. The van der Waals surface area contributed by atoms with E-state index in [1.807, 2.05) is 18.2 Å². The topological polar surface area (TPSA) is 84.2 Å². The Balaban J connectivity index is 1.99. The number of nitrogen functional groups attached to an aromatic ring is 1. The highest BCUT2D eigenvalue weighted by Crippen LogP contribution is 2.31. The van der Waals surface area contributed by atoms with Crippen molar-refractivity contribution in [2.75, 3.05) is 25.5 Å². The van der Waals surface area contributed by atoms with E-state index in [1.54, 1.807) is 11.0 Å². The maximum absolute atomic E-state index is 12.1. The highest BCUT2D eigenvalue weighted by atomic mass is 35.5. The van der Waals surface area contributed by atoms with Gasteiger partial charge in [0.2, 0.25) is 5.91 Å². The number of hydrogen-bond donors (Lipinski definition) is 2. The molecule has 0 aliphatic carbocycles. The molecule has 6 nitrogen and oxygen atoms in total. The van der Waals surface area contributed by atoms with Crippen molar-refractivity contribution >= 4 is 23.3 Å². The van der Waals surface area contributed by atoms with E-state index < -0.39 is 0 Å². The number of morpholine rings is 1. The molecule has 120 valence electrons. The first-order chi connectivity index (χ1) is 11.1. The van der Waals surface area contributed by atoms with Crippen molar-refractivity contribution in [2.24, 2.45) is 0 Å². The standard InChI is InChI=1S/C16H17ClN4O2/c1-2-16(22)21-3-4-23-9-14(21)11-5-10(6-12(17)7-11)13-8-15(18)20-19-13/h2,5-8,14H,1,3-4,9H2,(H3,18,19,20)/t14-/m0/s1. The van der Waals surface area contributed by atoms with Gasteiger partial charge in [-0.2, -0.15) is 5.10 Å². The number of amides is 1. The fourth-order valence-electron chi connectivity index (χ4n) is 2.70. The molecule has 0 bridgehead atoms. The Morgan fingerprint density at radius 3 is 3.00 bits per heavy atom. The molecule has 7 heteroatoms. The lowest BCUT2D eigenvalue weighted by atomic mass is 10.0. The number of carbonyl (C=O) groups excluding carboxylic acids is 1. The maximum atomic E-state index is 12.1. The van der Waals surface area contributed by atoms with E-state index in [9.17, 15) is 4.79 Å². The Labute approximate surface area is 138 Å². The van der Waals surface area contributed by atoms with Gasteiger partial charge in [-0.15, -0.1) is 0 Å². The zero-order chi connectivity index (χ0) is 16.4. The van der Waals surface area contributed by atoms with Crippen molar-refractivity contribution < 1.29 is 9.53 Å². The lowest BCUT2D eigenvalue weighted by molar-refractivity contribution is -0.134. The molecule has 1 saturated heterocycles. The molecule has 1 fully saturated rings. The number of aromatic amines is 1. The Bertz CT molecular complexity index is 743. The van der Waals surface area contributed by atoms with Crippen LogP contribution in [0.2, 0.25) is 5.02 Å². The summed E-state index contributed by atoms with van der Waals surface area (Å²) >= 11 is 6.25. The third kappa shape index (κ3) is 3.23. The van der Waals surface area contributed by atoms with Crippen LogP contribution in [-0.4, -0.2) is 40.8 Å². The molecule has 2 aromatic rings. The van der Waals surface area contributed by atoms with Crippen molar-refractivity contribution in [2.45, 2.75) is 6.04 Å². The predicted molar refractivity (Wildman–Crippen MR) is 88.9 cm³/mol. The van der Waals surface area contributed by atoms with Gasteiger partial charge in [0.15, 0.2) is 0 Å². The Hall–Kier alpha value is -2.31. The summed E-state index contributed by atoms with van der Waals surface area (Å²) in [6.45, 7) is 5.02. The number of rotatable bonds is 3. The van der Waals surface area contributed by atoms with Gasteiger partial charge < -0.3 is 15.4 Å². The molecule has 1 aliphatic heterocycles. The minimum absolute atomic E-state index is 0.121. The fraction of sp³-hybridized carbons (Fsp3) is 0.250. The number of nitrogens with one attached hydrogen (secondary N) is 1. The third-order valence-corrected chi connectivity index (χ3v) is 4.00. The van der Waals surface area contributed by atoms with E-state index in [0.29, 0.717) is 36.3 Å². The maximum Gasteiger partial charge on any atom is 0.246 e. The van der Waals surface area contributed by atoms with Gasteiger partial charge in [0.1, 0.15) is 5.82 Å². The Morgan fingerprint density at radius 1 is 1.48 bits per heavy atom. The van der Waals surface area contributed by atoms with Crippen LogP contribution in [-0.2, 0) is 9.53 Å². The van der Waals surface area contributed by atoms with Crippen LogP contribution in [0.25, 0.3) is 11.3 Å². The van der Waals surface area contributed by atoms with E-state index >= 15 is 0 Å². The van der Waals surface area contributed by atoms with Gasteiger partial charge in [-0.1, -0.05) is 18.2 Å². The number of ether oxygens (including phenoxy) is 1. The van der Waals surface area contributed by atoms with Gasteiger partial charge in [0.25, 0.3) is 0 Å². The van der Waals surface area contributed by atoms with Crippen LogP contribution in [0, 0.1) is 0 Å². The van der Waals surface area contributed by atoms with E-state index in [-0.39, 0.29) is 11.9 Å². The minimum atomic E-state index is -0.206. The third-order valence-electron chi connectivity index (χ3n) is 3.78. The minimum Gasteiger partial charge on any atom is -0.384 e. The summed E-state index contributed by atoms with van der Waals surface area (Å²) in [7, 11) is 0. The SMILES string of the molecule is C=CC(=O)N1CCOC[C@H]1c1cc(Cl)cc(-c2cc(N)[nH]n2)c1. The molecule has 0 radical (unpaired) electrons. The van der Waals surface area contributed by atoms with Gasteiger partial charge in [-0.3, -0.25) is 9.89 Å². The van der Waals surface area contributed by atoms with Crippen LogP contribution in [0.4, 0.5) is 5.82 Å². The lowest BCUT2D eigenvalue weighted by Gasteiger charge is -2.35. The van der Waals surface area contributed by atoms with Crippen LogP contribution in [0.5, 0.6) is 0 Å². The number of anilines is 1. The molecule has 1 aliphatic rings. The van der Waals surface area contributed by atoms with Gasteiger partial charge in [-0.25, -0.2) is 0 Å². The summed E-state index contributed by atoms with van der Waals surface area (Å²) in [6, 6.07) is 7.13. The molecule has 1 aromatic heterocycles. The molecule has 3 rings (SSSR count). The zero-order valence-corrected chi connectivity index (χ0v) is 13.2. The molecule has 2 heterocycles. The summed E-state index contributed by atoms with van der Waals surface area (Å²) in [6.07, 6.45) is 1.32. The second kappa shape index (κ2) is 6.44. The van der Waals surface area contributed by atoms with Crippen molar-refractivity contribution in [3.63, 3.8) is 0 Å². The fourth-order valence-corrected chi connectivity index (χ4v) is 2.94. The number of aromatic nitrogens is 2. The number of H-pyrrole nitrogens is 1. The summed E-state index contributed by atoms with van der Waals surface area (Å²) < 4.78 is 5.54. The first-order valence-corrected chi connectivity index (χ1v) is 7.59. The molecular weight excluding hydrogens is 316 g/mol. The number of nitrogens with two attached hydrogens (primary N) is 1. The zero-order valence-electron chi connectivity index (χ0n) is 12.5. The van der Waals surface area contributed by atoms with Gasteiger partial charge in [0, 0.05) is 23.2 Å². The highest BCUT2D eigenvalue weighted by molar-refractivity contribution is 6.31. The Morgan fingerprint density at radius 2 is 2.30 bits per heavy atom. The van der Waals surface area contributed by atoms with Crippen molar-refractivity contribution in [1.29, 1.82) is 0 Å². The second-order valence-corrected chi connectivity index (χ2v) is 5.74. The number of hydrogen-bond acceptors (Lipinski definition) is 4. The van der Waals surface area contributed by atoms with Crippen molar-refractivity contribution in [3.05, 3.63) is 47.5 Å². The molecule has 23 heavy (non-hydrogen) atoms. The molecule has 3 N–H and O–H groups in total. The number of nitrogens with zero attached hydrogens (tertiary/aromatic N) is 2. The highest BCUT2D eigenvalue weighted by Gasteiger charge is 2.28. The first kappa shape index (κ1) is 15.6. The molecule has 0 saturated carbocycles. The molecule has 1 aromatic carbocycles. The quantitative estimate of drug-likeness (QED) is 0.845. The summed E-state index contributed by atoms with van der Waals surface area (Å²) in [5.74, 6) is 0.356. The number of halogens is 1. The number of benzene rings is 1. The van der Waals surface area contributed by atoms with Crippen LogP contribution < -0.4 is 5.73 Å². The predicted octanol–water partition coefficient (Wildman–Crippen LogP) is 2.40. The van der Waals surface area contributed by atoms with Crippen LogP contribution in [0.3, 0.4) is 0 Å². The Kier molecular flexibility index (Phi) is 4.36. The second-order valence-electron chi connectivity index (χ2n) is 5.31. The van der Waals surface area contributed by atoms with Gasteiger partial charge >= 0.3 is 0 Å². The smallest absolute Gasteiger partial charge is 0.246 e. The molecule has 0 spiro atoms. The average molecular weight is 333 g/mol. The normalized spacial score (nSPS) is 18.0. The largest absolute Gasteiger partial charge is 0.384 e. The van der Waals surface area contributed by atoms with Gasteiger partial charge in [0.05, 0.1) is 24.9 Å². The van der Waals surface area contributed by atoms with Crippen LogP contribution in [0.15, 0.2) is 36.9 Å². The van der Waals surface area contributed by atoms with E-state index in [2.05, 4.69) is 16.8 Å². The lowest BCUT2D eigenvalue weighted by Crippen LogP contribution is -2.42. The van der Waals surface area contributed by atoms with Crippen LogP contribution in [0.1, 0.15) is 11.6 Å². The van der Waals surface area contributed by atoms with E-state index in [1.165, 1.54) is 6.08 Å². The van der Waals surface area contributed by atoms with Crippen LogP contribution >= 0.6 is 11.6 Å². The first-order valence-electron chi connectivity index (χ1n) is 7.21.